The summed E-state index contributed by atoms with van der Waals surface area (Å²) in [6.07, 6.45) is 2.57. The van der Waals surface area contributed by atoms with Gasteiger partial charge in [-0.3, -0.25) is 4.98 Å². The third kappa shape index (κ3) is 3.30. The number of hydrogen-bond donors (Lipinski definition) is 0. The molecule has 88 valence electrons. The van der Waals surface area contributed by atoms with Crippen molar-refractivity contribution in [2.75, 3.05) is 0 Å². The Morgan fingerprint density at radius 1 is 1.29 bits per heavy atom. The van der Waals surface area contributed by atoms with Gasteiger partial charge in [-0.15, -0.1) is 11.6 Å². The fourth-order valence-electron chi connectivity index (χ4n) is 1.73. The summed E-state index contributed by atoms with van der Waals surface area (Å²) in [4.78, 5) is 4.41. The predicted octanol–water partition coefficient (Wildman–Crippen LogP) is 4.68. The Morgan fingerprint density at radius 3 is 2.65 bits per heavy atom. The fraction of sp³-hybridized carbons (Fsp3) is 0.214. The lowest BCUT2D eigenvalue weighted by Gasteiger charge is -2.11. The summed E-state index contributed by atoms with van der Waals surface area (Å²) in [6, 6.07) is 12.2. The summed E-state index contributed by atoms with van der Waals surface area (Å²) >= 11 is 9.81. The van der Waals surface area contributed by atoms with E-state index in [1.807, 2.05) is 36.5 Å². The molecule has 0 amide bonds. The summed E-state index contributed by atoms with van der Waals surface area (Å²) in [6.45, 7) is 2.06. The van der Waals surface area contributed by atoms with Gasteiger partial charge in [-0.1, -0.05) is 30.3 Å². The van der Waals surface area contributed by atoms with E-state index in [0.29, 0.717) is 0 Å². The molecule has 3 heteroatoms. The largest absolute Gasteiger partial charge is 0.260 e. The summed E-state index contributed by atoms with van der Waals surface area (Å²) in [5, 5.41) is -0.0245. The van der Waals surface area contributed by atoms with E-state index < -0.39 is 0 Å². The van der Waals surface area contributed by atoms with Crippen LogP contribution in [0.1, 0.15) is 22.2 Å². The molecule has 1 unspecified atom stereocenters. The third-order valence-corrected chi connectivity index (χ3v) is 3.53. The van der Waals surface area contributed by atoms with Gasteiger partial charge in [0, 0.05) is 22.8 Å². The van der Waals surface area contributed by atoms with E-state index in [9.17, 15) is 0 Å². The minimum absolute atomic E-state index is 0.0245. The molecule has 1 heterocycles. The SMILES string of the molecule is Cc1cc(Br)cnc1CC(Cl)c1ccccc1. The number of nitrogens with zero attached hydrogens (tertiary/aromatic N) is 1. The average molecular weight is 311 g/mol. The molecule has 0 N–H and O–H groups in total. The van der Waals surface area contributed by atoms with E-state index in [-0.39, 0.29) is 5.38 Å². The minimum Gasteiger partial charge on any atom is -0.260 e. The molecule has 0 aliphatic rings. The molecule has 1 nitrogen and oxygen atoms in total. The maximum atomic E-state index is 6.40. The molecule has 0 saturated carbocycles. The third-order valence-electron chi connectivity index (χ3n) is 2.69. The number of pyridine rings is 1. The van der Waals surface area contributed by atoms with Crippen LogP contribution in [0.25, 0.3) is 0 Å². The van der Waals surface area contributed by atoms with E-state index in [2.05, 4.69) is 33.9 Å². The second-order valence-electron chi connectivity index (χ2n) is 4.00. The van der Waals surface area contributed by atoms with Crippen LogP contribution in [0.4, 0.5) is 0 Å². The Bertz CT molecular complexity index is 499. The summed E-state index contributed by atoms with van der Waals surface area (Å²) in [7, 11) is 0. The lowest BCUT2D eigenvalue weighted by Crippen LogP contribution is -2.00. The zero-order valence-electron chi connectivity index (χ0n) is 9.53. The molecule has 0 bridgehead atoms. The van der Waals surface area contributed by atoms with Crippen LogP contribution in [0.3, 0.4) is 0 Å². The van der Waals surface area contributed by atoms with Crippen molar-refractivity contribution in [3.05, 3.63) is 63.9 Å². The first-order valence-corrected chi connectivity index (χ1v) is 6.70. The molecule has 0 aliphatic carbocycles. The number of hydrogen-bond acceptors (Lipinski definition) is 1. The van der Waals surface area contributed by atoms with Gasteiger partial charge >= 0.3 is 0 Å². The van der Waals surface area contributed by atoms with Crippen LogP contribution in [0.5, 0.6) is 0 Å². The highest BCUT2D eigenvalue weighted by molar-refractivity contribution is 9.10. The van der Waals surface area contributed by atoms with E-state index in [4.69, 9.17) is 11.6 Å². The van der Waals surface area contributed by atoms with Crippen molar-refractivity contribution < 1.29 is 0 Å². The van der Waals surface area contributed by atoms with Crippen LogP contribution >= 0.6 is 27.5 Å². The molecule has 0 aliphatic heterocycles. The standard InChI is InChI=1S/C14H13BrClN/c1-10-7-12(15)9-17-14(10)8-13(16)11-5-3-2-4-6-11/h2-7,9,13H,8H2,1H3. The average Bonchev–Trinajstić information content (AvgIpc) is 2.34. The molecular weight excluding hydrogens is 298 g/mol. The normalized spacial score (nSPS) is 12.4. The molecule has 1 atom stereocenters. The fourth-order valence-corrected chi connectivity index (χ4v) is 2.47. The van der Waals surface area contributed by atoms with Crippen molar-refractivity contribution in [3.8, 4) is 0 Å². The van der Waals surface area contributed by atoms with Crippen LogP contribution < -0.4 is 0 Å². The van der Waals surface area contributed by atoms with Gasteiger partial charge < -0.3 is 0 Å². The van der Waals surface area contributed by atoms with Crippen LogP contribution in [-0.4, -0.2) is 4.98 Å². The maximum absolute atomic E-state index is 6.40. The van der Waals surface area contributed by atoms with E-state index in [0.717, 1.165) is 22.2 Å². The second kappa shape index (κ2) is 5.65. The number of aromatic nitrogens is 1. The van der Waals surface area contributed by atoms with Gasteiger partial charge in [0.1, 0.15) is 0 Å². The van der Waals surface area contributed by atoms with Crippen LogP contribution in [-0.2, 0) is 6.42 Å². The Morgan fingerprint density at radius 2 is 2.00 bits per heavy atom. The molecule has 0 saturated heterocycles. The number of benzene rings is 1. The summed E-state index contributed by atoms with van der Waals surface area (Å²) < 4.78 is 1.00. The molecule has 2 rings (SSSR count). The van der Waals surface area contributed by atoms with Crippen molar-refractivity contribution >= 4 is 27.5 Å². The highest BCUT2D eigenvalue weighted by Crippen LogP contribution is 2.25. The second-order valence-corrected chi connectivity index (χ2v) is 5.44. The van der Waals surface area contributed by atoms with E-state index >= 15 is 0 Å². The van der Waals surface area contributed by atoms with Gasteiger partial charge in [0.2, 0.25) is 0 Å². The van der Waals surface area contributed by atoms with Crippen LogP contribution in [0.15, 0.2) is 47.1 Å². The first-order valence-electron chi connectivity index (χ1n) is 5.47. The highest BCUT2D eigenvalue weighted by Gasteiger charge is 2.11. The van der Waals surface area contributed by atoms with Gasteiger partial charge in [-0.2, -0.15) is 0 Å². The van der Waals surface area contributed by atoms with Gasteiger partial charge in [0.05, 0.1) is 5.38 Å². The minimum atomic E-state index is -0.0245. The van der Waals surface area contributed by atoms with Crippen LogP contribution in [0.2, 0.25) is 0 Å². The first kappa shape index (κ1) is 12.6. The smallest absolute Gasteiger partial charge is 0.0640 e. The molecule has 0 spiro atoms. The van der Waals surface area contributed by atoms with Gasteiger partial charge in [-0.25, -0.2) is 0 Å². The lowest BCUT2D eigenvalue weighted by molar-refractivity contribution is 0.868. The molecule has 0 radical (unpaired) electrons. The Hall–Kier alpha value is -0.860. The highest BCUT2D eigenvalue weighted by atomic mass is 79.9. The van der Waals surface area contributed by atoms with Crippen molar-refractivity contribution in [1.29, 1.82) is 0 Å². The van der Waals surface area contributed by atoms with Crippen molar-refractivity contribution in [3.63, 3.8) is 0 Å². The molecule has 1 aromatic carbocycles. The maximum Gasteiger partial charge on any atom is 0.0640 e. The number of aryl methyl sites for hydroxylation is 1. The molecular formula is C14H13BrClN. The zero-order chi connectivity index (χ0) is 12.3. The zero-order valence-corrected chi connectivity index (χ0v) is 11.9. The van der Waals surface area contributed by atoms with Crippen molar-refractivity contribution in [2.24, 2.45) is 0 Å². The van der Waals surface area contributed by atoms with Gasteiger partial charge in [-0.05, 0) is 40.0 Å². The monoisotopic (exact) mass is 309 g/mol. The topological polar surface area (TPSA) is 12.9 Å². The molecule has 1 aromatic heterocycles. The summed E-state index contributed by atoms with van der Waals surface area (Å²) in [5.74, 6) is 0. The number of rotatable bonds is 3. The van der Waals surface area contributed by atoms with Crippen LogP contribution in [0, 0.1) is 6.92 Å². The Labute approximate surface area is 115 Å². The quantitative estimate of drug-likeness (QED) is 0.750. The number of halogens is 2. The van der Waals surface area contributed by atoms with Gasteiger partial charge in [0.15, 0.2) is 0 Å². The van der Waals surface area contributed by atoms with Crippen molar-refractivity contribution in [2.45, 2.75) is 18.7 Å². The lowest BCUT2D eigenvalue weighted by atomic mass is 10.0. The predicted molar refractivity (Wildman–Crippen MR) is 75.4 cm³/mol. The Kier molecular flexibility index (Phi) is 4.19. The molecule has 17 heavy (non-hydrogen) atoms. The first-order chi connectivity index (χ1) is 8.16. The van der Waals surface area contributed by atoms with Crippen molar-refractivity contribution in [1.82, 2.24) is 4.98 Å². The number of alkyl halides is 1. The van der Waals surface area contributed by atoms with E-state index in [1.165, 1.54) is 5.56 Å². The summed E-state index contributed by atoms with van der Waals surface area (Å²) in [5.41, 5.74) is 3.36. The molecule has 0 fully saturated rings. The Balaban J connectivity index is 2.16. The molecule has 2 aromatic rings. The van der Waals surface area contributed by atoms with E-state index in [1.54, 1.807) is 0 Å². The van der Waals surface area contributed by atoms with Gasteiger partial charge in [0.25, 0.3) is 0 Å².